The van der Waals surface area contributed by atoms with Crippen molar-refractivity contribution in [1.29, 1.82) is 0 Å². The topological polar surface area (TPSA) is 29.5 Å². The lowest BCUT2D eigenvalue weighted by Gasteiger charge is -2.30. The fraction of sp³-hybridized carbons (Fsp3) is 0.444. The highest BCUT2D eigenvalue weighted by Gasteiger charge is 2.28. The standard InChI is InChI=1S/C18H21ClO2S/c1-11-7-18(16-10-15(20)8-12(2)21-16)22-17(11)9-13-3-5-14(19)6-4-13/h3-7,12,15-16,20H,8-10H2,1-2H3. The third-order valence-corrected chi connectivity index (χ3v) is 5.70. The van der Waals surface area contributed by atoms with E-state index in [-0.39, 0.29) is 18.3 Å². The zero-order valence-corrected chi connectivity index (χ0v) is 14.5. The molecule has 1 N–H and O–H groups in total. The second-order valence-corrected chi connectivity index (χ2v) is 7.72. The molecule has 0 radical (unpaired) electrons. The first-order chi connectivity index (χ1) is 10.5. The maximum Gasteiger partial charge on any atom is 0.0945 e. The van der Waals surface area contributed by atoms with Gasteiger partial charge in [-0.25, -0.2) is 0 Å². The van der Waals surface area contributed by atoms with Crippen LogP contribution in [0.1, 0.15) is 46.8 Å². The number of hydrogen-bond donors (Lipinski definition) is 1. The van der Waals surface area contributed by atoms with Gasteiger partial charge in [0, 0.05) is 27.6 Å². The summed E-state index contributed by atoms with van der Waals surface area (Å²) in [6, 6.07) is 10.2. The molecule has 3 rings (SSSR count). The molecule has 3 atom stereocenters. The van der Waals surface area contributed by atoms with Crippen LogP contribution in [-0.2, 0) is 11.2 Å². The Morgan fingerprint density at radius 3 is 2.68 bits per heavy atom. The first kappa shape index (κ1) is 16.0. The quantitative estimate of drug-likeness (QED) is 0.863. The van der Waals surface area contributed by atoms with E-state index in [2.05, 4.69) is 25.1 Å². The Bertz CT molecular complexity index is 625. The molecule has 1 aromatic heterocycles. The first-order valence-electron chi connectivity index (χ1n) is 7.68. The summed E-state index contributed by atoms with van der Waals surface area (Å²) in [4.78, 5) is 2.58. The van der Waals surface area contributed by atoms with E-state index in [1.54, 1.807) is 11.3 Å². The Morgan fingerprint density at radius 2 is 2.00 bits per heavy atom. The lowest BCUT2D eigenvalue weighted by atomic mass is 10.0. The van der Waals surface area contributed by atoms with Crippen LogP contribution in [0.2, 0.25) is 5.02 Å². The lowest BCUT2D eigenvalue weighted by Crippen LogP contribution is -2.28. The molecule has 1 aliphatic rings. The summed E-state index contributed by atoms with van der Waals surface area (Å²) in [5.41, 5.74) is 2.56. The number of aliphatic hydroxyl groups excluding tert-OH is 1. The summed E-state index contributed by atoms with van der Waals surface area (Å²) in [7, 11) is 0. The highest BCUT2D eigenvalue weighted by atomic mass is 35.5. The Labute approximate surface area is 140 Å². The van der Waals surface area contributed by atoms with Gasteiger partial charge in [-0.3, -0.25) is 0 Å². The van der Waals surface area contributed by atoms with Crippen LogP contribution in [0.4, 0.5) is 0 Å². The van der Waals surface area contributed by atoms with Crippen LogP contribution in [0.15, 0.2) is 30.3 Å². The number of halogens is 1. The maximum atomic E-state index is 9.96. The number of benzene rings is 1. The number of aliphatic hydroxyl groups is 1. The predicted molar refractivity (Wildman–Crippen MR) is 91.8 cm³/mol. The minimum Gasteiger partial charge on any atom is -0.393 e. The smallest absolute Gasteiger partial charge is 0.0945 e. The fourth-order valence-corrected chi connectivity index (χ4v) is 4.36. The third kappa shape index (κ3) is 3.72. The van der Waals surface area contributed by atoms with Crippen molar-refractivity contribution in [2.75, 3.05) is 0 Å². The lowest BCUT2D eigenvalue weighted by molar-refractivity contribution is -0.0881. The molecule has 1 aromatic carbocycles. The van der Waals surface area contributed by atoms with Gasteiger partial charge in [0.05, 0.1) is 18.3 Å². The van der Waals surface area contributed by atoms with Crippen LogP contribution in [0, 0.1) is 6.92 Å². The van der Waals surface area contributed by atoms with Crippen molar-refractivity contribution >= 4 is 22.9 Å². The Morgan fingerprint density at radius 1 is 1.27 bits per heavy atom. The maximum absolute atomic E-state index is 9.96. The molecule has 0 aliphatic carbocycles. The van der Waals surface area contributed by atoms with Gasteiger partial charge in [-0.1, -0.05) is 23.7 Å². The van der Waals surface area contributed by atoms with Gasteiger partial charge in [0.15, 0.2) is 0 Å². The van der Waals surface area contributed by atoms with E-state index >= 15 is 0 Å². The van der Waals surface area contributed by atoms with Crippen molar-refractivity contribution in [3.63, 3.8) is 0 Å². The molecule has 118 valence electrons. The molecule has 22 heavy (non-hydrogen) atoms. The molecule has 4 heteroatoms. The van der Waals surface area contributed by atoms with Gasteiger partial charge in [-0.15, -0.1) is 11.3 Å². The summed E-state index contributed by atoms with van der Waals surface area (Å²) in [5, 5.41) is 10.7. The second-order valence-electron chi connectivity index (χ2n) is 6.12. The van der Waals surface area contributed by atoms with E-state index in [9.17, 15) is 5.11 Å². The molecule has 0 saturated carbocycles. The van der Waals surface area contributed by atoms with Gasteiger partial charge in [-0.05, 0) is 49.6 Å². The van der Waals surface area contributed by atoms with E-state index in [0.717, 1.165) is 17.9 Å². The predicted octanol–water partition coefficient (Wildman–Crippen LogP) is 4.90. The molecular weight excluding hydrogens is 316 g/mol. The second kappa shape index (κ2) is 6.71. The van der Waals surface area contributed by atoms with Gasteiger partial charge in [0.1, 0.15) is 0 Å². The van der Waals surface area contributed by atoms with Crippen LogP contribution in [-0.4, -0.2) is 17.3 Å². The molecule has 3 unspecified atom stereocenters. The zero-order valence-electron chi connectivity index (χ0n) is 12.9. The highest BCUT2D eigenvalue weighted by molar-refractivity contribution is 7.12. The minimum atomic E-state index is -0.254. The normalized spacial score (nSPS) is 25.4. The SMILES string of the molecule is Cc1cc(C2CC(O)CC(C)O2)sc1Cc1ccc(Cl)cc1. The van der Waals surface area contributed by atoms with Crippen LogP contribution in [0.5, 0.6) is 0 Å². The van der Waals surface area contributed by atoms with Crippen molar-refractivity contribution in [3.05, 3.63) is 56.2 Å². The first-order valence-corrected chi connectivity index (χ1v) is 8.88. The average Bonchev–Trinajstić information content (AvgIpc) is 2.82. The van der Waals surface area contributed by atoms with Crippen LogP contribution in [0.3, 0.4) is 0 Å². The van der Waals surface area contributed by atoms with Crippen LogP contribution < -0.4 is 0 Å². The summed E-state index contributed by atoms with van der Waals surface area (Å²) in [6.45, 7) is 4.18. The van der Waals surface area contributed by atoms with Gasteiger partial charge < -0.3 is 9.84 Å². The summed E-state index contributed by atoms with van der Waals surface area (Å²) < 4.78 is 6.01. The number of hydrogen-bond acceptors (Lipinski definition) is 3. The largest absolute Gasteiger partial charge is 0.393 e. The van der Waals surface area contributed by atoms with Crippen LogP contribution in [0.25, 0.3) is 0 Å². The van der Waals surface area contributed by atoms with E-state index in [4.69, 9.17) is 16.3 Å². The van der Waals surface area contributed by atoms with Crippen molar-refractivity contribution in [3.8, 4) is 0 Å². The summed E-state index contributed by atoms with van der Waals surface area (Å²) >= 11 is 7.74. The Hall–Kier alpha value is -0.870. The monoisotopic (exact) mass is 336 g/mol. The van der Waals surface area contributed by atoms with E-state index < -0.39 is 0 Å². The van der Waals surface area contributed by atoms with E-state index in [0.29, 0.717) is 6.42 Å². The fourth-order valence-electron chi connectivity index (χ4n) is 2.97. The molecule has 0 amide bonds. The molecule has 2 aromatic rings. The Kier molecular flexibility index (Phi) is 4.88. The average molecular weight is 337 g/mol. The van der Waals surface area contributed by atoms with Gasteiger partial charge >= 0.3 is 0 Å². The van der Waals surface area contributed by atoms with E-state index in [1.165, 1.54) is 20.9 Å². The van der Waals surface area contributed by atoms with Crippen molar-refractivity contribution < 1.29 is 9.84 Å². The molecule has 1 saturated heterocycles. The number of rotatable bonds is 3. The molecular formula is C18H21ClO2S. The molecule has 0 spiro atoms. The van der Waals surface area contributed by atoms with Crippen molar-refractivity contribution in [2.45, 2.75) is 51.4 Å². The molecule has 1 fully saturated rings. The summed E-state index contributed by atoms with van der Waals surface area (Å²) in [6.07, 6.45) is 2.25. The van der Waals surface area contributed by atoms with Gasteiger partial charge in [0.25, 0.3) is 0 Å². The number of thiophene rings is 1. The number of aryl methyl sites for hydroxylation is 1. The van der Waals surface area contributed by atoms with E-state index in [1.807, 2.05) is 19.1 Å². The van der Waals surface area contributed by atoms with Gasteiger partial charge in [-0.2, -0.15) is 0 Å². The molecule has 2 heterocycles. The Balaban J connectivity index is 1.77. The van der Waals surface area contributed by atoms with Crippen LogP contribution >= 0.6 is 22.9 Å². The highest BCUT2D eigenvalue weighted by Crippen LogP contribution is 2.37. The summed E-state index contributed by atoms with van der Waals surface area (Å²) in [5.74, 6) is 0. The number of ether oxygens (including phenoxy) is 1. The molecule has 2 nitrogen and oxygen atoms in total. The van der Waals surface area contributed by atoms with Gasteiger partial charge in [0.2, 0.25) is 0 Å². The zero-order chi connectivity index (χ0) is 15.7. The third-order valence-electron chi connectivity index (χ3n) is 4.12. The van der Waals surface area contributed by atoms with Crippen molar-refractivity contribution in [1.82, 2.24) is 0 Å². The minimum absolute atomic E-state index is 0.0291. The molecule has 0 bridgehead atoms. The van der Waals surface area contributed by atoms with Crippen molar-refractivity contribution in [2.24, 2.45) is 0 Å². The molecule has 1 aliphatic heterocycles.